The molecular weight excluding hydrogens is 486 g/mol. The van der Waals surface area contributed by atoms with Crippen molar-refractivity contribution in [3.63, 3.8) is 0 Å². The lowest BCUT2D eigenvalue weighted by Gasteiger charge is -2.29. The van der Waals surface area contributed by atoms with Crippen LogP contribution in [0.4, 0.5) is 5.69 Å². The number of likely N-dealkylation sites (tertiary alicyclic amines) is 1. The number of aryl methyl sites for hydroxylation is 1. The van der Waals surface area contributed by atoms with Crippen LogP contribution in [-0.4, -0.2) is 66.5 Å². The number of anilines is 1. The van der Waals surface area contributed by atoms with Crippen molar-refractivity contribution in [2.45, 2.75) is 76.9 Å². The van der Waals surface area contributed by atoms with Gasteiger partial charge < -0.3 is 24.2 Å². The van der Waals surface area contributed by atoms with Gasteiger partial charge in [0.05, 0.1) is 17.4 Å². The molecule has 1 aromatic heterocycles. The van der Waals surface area contributed by atoms with Gasteiger partial charge in [-0.1, -0.05) is 37.5 Å². The Kier molecular flexibility index (Phi) is 7.68. The summed E-state index contributed by atoms with van der Waals surface area (Å²) in [5, 5.41) is 11.1. The zero-order chi connectivity index (χ0) is 26.9. The number of methoxy groups -OCH3 is 1. The summed E-state index contributed by atoms with van der Waals surface area (Å²) in [5.74, 6) is -0.328. The molecular formula is C33H43N3O3. The van der Waals surface area contributed by atoms with Gasteiger partial charge in [-0.15, -0.1) is 0 Å². The fourth-order valence-corrected chi connectivity index (χ4v) is 7.36. The molecule has 3 aromatic rings. The van der Waals surface area contributed by atoms with Crippen molar-refractivity contribution in [3.05, 3.63) is 53.1 Å². The molecule has 2 fully saturated rings. The quantitative estimate of drug-likeness (QED) is 0.386. The maximum atomic E-state index is 11.9. The maximum absolute atomic E-state index is 11.9. The van der Waals surface area contributed by atoms with Gasteiger partial charge in [0.25, 0.3) is 0 Å². The molecule has 0 radical (unpaired) electrons. The van der Waals surface area contributed by atoms with Crippen molar-refractivity contribution in [2.24, 2.45) is 0 Å². The minimum absolute atomic E-state index is 0.374. The topological polar surface area (TPSA) is 57.9 Å². The van der Waals surface area contributed by atoms with E-state index in [4.69, 9.17) is 4.74 Å². The first kappa shape index (κ1) is 26.4. The predicted octanol–water partition coefficient (Wildman–Crippen LogP) is 6.68. The number of carbonyl (C=O) groups is 1. The Morgan fingerprint density at radius 1 is 0.923 bits per heavy atom. The molecule has 6 rings (SSSR count). The second-order valence-corrected chi connectivity index (χ2v) is 11.9. The number of aromatic carboxylic acids is 1. The lowest BCUT2D eigenvalue weighted by molar-refractivity contribution is 0.0697. The summed E-state index contributed by atoms with van der Waals surface area (Å²) in [6, 6.07) is 12.8. The van der Waals surface area contributed by atoms with Crippen LogP contribution in [0.5, 0.6) is 0 Å². The Labute approximate surface area is 232 Å². The molecule has 208 valence electrons. The third-order valence-electron chi connectivity index (χ3n) is 9.49. The summed E-state index contributed by atoms with van der Waals surface area (Å²) in [4.78, 5) is 17.1. The van der Waals surface area contributed by atoms with Crippen LogP contribution in [0.1, 0.15) is 78.8 Å². The molecule has 2 aliphatic heterocycles. The molecule has 1 saturated carbocycles. The van der Waals surface area contributed by atoms with Gasteiger partial charge in [-0.25, -0.2) is 4.79 Å². The van der Waals surface area contributed by atoms with E-state index in [-0.39, 0.29) is 0 Å². The number of fused-ring (bicyclic) bond motifs is 5. The Morgan fingerprint density at radius 2 is 1.77 bits per heavy atom. The highest BCUT2D eigenvalue weighted by atomic mass is 16.5. The van der Waals surface area contributed by atoms with Crippen molar-refractivity contribution >= 4 is 22.6 Å². The van der Waals surface area contributed by atoms with Gasteiger partial charge in [-0.2, -0.15) is 0 Å². The fraction of sp³-hybridized carbons (Fsp3) is 0.545. The number of carboxylic acid groups (broad SMARTS) is 1. The van der Waals surface area contributed by atoms with Crippen LogP contribution >= 0.6 is 0 Å². The second-order valence-electron chi connectivity index (χ2n) is 11.9. The highest BCUT2D eigenvalue weighted by Gasteiger charge is 2.31. The average Bonchev–Trinajstić information content (AvgIpc) is 3.06. The number of ether oxygens (including phenoxy) is 1. The third kappa shape index (κ3) is 5.21. The molecule has 3 aliphatic rings. The van der Waals surface area contributed by atoms with E-state index >= 15 is 0 Å². The van der Waals surface area contributed by atoms with E-state index in [9.17, 15) is 9.90 Å². The molecule has 1 saturated heterocycles. The van der Waals surface area contributed by atoms with Crippen molar-refractivity contribution < 1.29 is 14.6 Å². The molecule has 1 atom stereocenters. The van der Waals surface area contributed by atoms with Gasteiger partial charge >= 0.3 is 5.97 Å². The summed E-state index contributed by atoms with van der Waals surface area (Å²) in [6.07, 6.45) is 10.2. The van der Waals surface area contributed by atoms with Gasteiger partial charge in [0, 0.05) is 62.0 Å². The zero-order valence-electron chi connectivity index (χ0n) is 23.6. The number of carboxylic acids is 1. The van der Waals surface area contributed by atoms with Crippen molar-refractivity contribution in [2.75, 3.05) is 44.7 Å². The Balaban J connectivity index is 1.40. The minimum atomic E-state index is -0.855. The zero-order valence-corrected chi connectivity index (χ0v) is 23.6. The molecule has 6 nitrogen and oxygen atoms in total. The van der Waals surface area contributed by atoms with Crippen molar-refractivity contribution in [1.29, 1.82) is 0 Å². The Bertz CT molecular complexity index is 1340. The summed E-state index contributed by atoms with van der Waals surface area (Å²) in [6.45, 7) is 8.27. The summed E-state index contributed by atoms with van der Waals surface area (Å²) < 4.78 is 8.11. The molecule has 0 amide bonds. The normalized spacial score (nSPS) is 20.9. The van der Waals surface area contributed by atoms with E-state index in [1.165, 1.54) is 72.0 Å². The van der Waals surface area contributed by atoms with E-state index < -0.39 is 5.97 Å². The van der Waals surface area contributed by atoms with Gasteiger partial charge in [-0.05, 0) is 80.8 Å². The molecule has 3 heterocycles. The minimum Gasteiger partial charge on any atom is -0.478 e. The average molecular weight is 530 g/mol. The van der Waals surface area contributed by atoms with Crippen LogP contribution in [0, 0.1) is 6.92 Å². The summed E-state index contributed by atoms with van der Waals surface area (Å²) in [7, 11) is 1.84. The van der Waals surface area contributed by atoms with E-state index in [1.54, 1.807) is 6.07 Å². The first-order valence-electron chi connectivity index (χ1n) is 15.0. The number of hydrogen-bond donors (Lipinski definition) is 1. The highest BCUT2D eigenvalue weighted by molar-refractivity contribution is 5.99. The molecule has 2 aromatic carbocycles. The molecule has 0 spiro atoms. The Morgan fingerprint density at radius 3 is 2.56 bits per heavy atom. The molecule has 39 heavy (non-hydrogen) atoms. The summed E-state index contributed by atoms with van der Waals surface area (Å²) >= 11 is 0. The van der Waals surface area contributed by atoms with Gasteiger partial charge in [0.2, 0.25) is 0 Å². The van der Waals surface area contributed by atoms with Crippen molar-refractivity contribution in [1.82, 2.24) is 9.47 Å². The predicted molar refractivity (Wildman–Crippen MR) is 158 cm³/mol. The highest BCUT2D eigenvalue weighted by Crippen LogP contribution is 2.47. The molecule has 1 unspecified atom stereocenters. The largest absolute Gasteiger partial charge is 0.478 e. The fourth-order valence-electron chi connectivity index (χ4n) is 7.36. The number of nitrogens with zero attached hydrogens (tertiary/aromatic N) is 3. The van der Waals surface area contributed by atoms with Crippen molar-refractivity contribution in [3.8, 4) is 11.3 Å². The molecule has 1 N–H and O–H groups in total. The monoisotopic (exact) mass is 529 g/mol. The van der Waals surface area contributed by atoms with Gasteiger partial charge in [-0.3, -0.25) is 0 Å². The molecule has 0 bridgehead atoms. The second kappa shape index (κ2) is 11.3. The molecule has 1 aliphatic carbocycles. The Hall–Kier alpha value is -2.83. The van der Waals surface area contributed by atoms with Gasteiger partial charge in [0.15, 0.2) is 0 Å². The number of hydrogen-bond acceptors (Lipinski definition) is 4. The summed E-state index contributed by atoms with van der Waals surface area (Å²) in [5.41, 5.74) is 8.16. The van der Waals surface area contributed by atoms with Crippen LogP contribution in [0.25, 0.3) is 22.2 Å². The number of benzene rings is 2. The van der Waals surface area contributed by atoms with Crippen LogP contribution in [0.3, 0.4) is 0 Å². The smallest absolute Gasteiger partial charge is 0.335 e. The lowest BCUT2D eigenvalue weighted by Crippen LogP contribution is -2.37. The standard InChI is InChI=1S/C33H43N3O3/c1-23-10-12-28-29(21-23)35(18-17-34-15-6-9-26(39-2)14-16-34)19-20-36-30-22-25(33(37)38)11-13-27(30)31(32(28)36)24-7-4-3-5-8-24/h10-13,21-22,24,26H,3-9,14-20H2,1-2H3,(H,37,38). The van der Waals surface area contributed by atoms with Crippen LogP contribution < -0.4 is 4.90 Å². The maximum Gasteiger partial charge on any atom is 0.335 e. The van der Waals surface area contributed by atoms with E-state index in [2.05, 4.69) is 45.6 Å². The number of aromatic nitrogens is 1. The first-order valence-corrected chi connectivity index (χ1v) is 15.0. The van der Waals surface area contributed by atoms with E-state index in [1.807, 2.05) is 13.2 Å². The van der Waals surface area contributed by atoms with E-state index in [0.29, 0.717) is 17.6 Å². The first-order chi connectivity index (χ1) is 19.0. The SMILES string of the molecule is COC1CCCN(CCN2CCn3c(c(C4CCCCC4)c4ccc(C(=O)O)cc43)-c3ccc(C)cc32)CC1. The van der Waals surface area contributed by atoms with Crippen LogP contribution in [0.2, 0.25) is 0 Å². The van der Waals surface area contributed by atoms with Crippen LogP contribution in [0.15, 0.2) is 36.4 Å². The van der Waals surface area contributed by atoms with E-state index in [0.717, 1.165) is 57.6 Å². The number of rotatable bonds is 6. The van der Waals surface area contributed by atoms with Crippen LogP contribution in [-0.2, 0) is 11.3 Å². The van der Waals surface area contributed by atoms with Gasteiger partial charge in [0.1, 0.15) is 0 Å². The third-order valence-corrected chi connectivity index (χ3v) is 9.49. The molecule has 6 heteroatoms. The lowest BCUT2D eigenvalue weighted by atomic mass is 9.81.